The third-order valence-corrected chi connectivity index (χ3v) is 7.73. The highest BCUT2D eigenvalue weighted by molar-refractivity contribution is 7.09. The number of hydrogen-bond acceptors (Lipinski definition) is 3. The number of H-pyrrole nitrogens is 1. The topological polar surface area (TPSA) is 65.2 Å². The lowest BCUT2D eigenvalue weighted by atomic mass is 9.94. The van der Waals surface area contributed by atoms with Crippen LogP contribution in [-0.2, 0) is 11.3 Å². The molecule has 37 heavy (non-hydrogen) atoms. The monoisotopic (exact) mass is 515 g/mol. The Bertz CT molecular complexity index is 1310. The van der Waals surface area contributed by atoms with Crippen LogP contribution in [-0.4, -0.2) is 27.7 Å². The van der Waals surface area contributed by atoms with Crippen molar-refractivity contribution in [1.29, 1.82) is 0 Å². The Balaban J connectivity index is 1.51. The summed E-state index contributed by atoms with van der Waals surface area (Å²) in [6.45, 7) is 0.260. The van der Waals surface area contributed by atoms with Crippen LogP contribution in [0, 0.1) is 5.82 Å². The number of carbonyl (C=O) groups is 2. The number of halogens is 1. The highest BCUT2D eigenvalue weighted by atomic mass is 32.1. The molecule has 0 aliphatic heterocycles. The zero-order valence-corrected chi connectivity index (χ0v) is 21.3. The number of nitrogens with one attached hydrogen (secondary N) is 2. The predicted octanol–water partition coefficient (Wildman–Crippen LogP) is 6.71. The molecule has 5 nitrogen and oxygen atoms in total. The highest BCUT2D eigenvalue weighted by Crippen LogP contribution is 2.29. The van der Waals surface area contributed by atoms with Crippen LogP contribution >= 0.6 is 11.3 Å². The van der Waals surface area contributed by atoms with Crippen LogP contribution in [0.4, 0.5) is 4.39 Å². The molecule has 0 unspecified atom stereocenters. The maximum atomic E-state index is 14.0. The molecule has 4 aromatic rings. The van der Waals surface area contributed by atoms with Crippen LogP contribution in [0.2, 0.25) is 0 Å². The highest BCUT2D eigenvalue weighted by Gasteiger charge is 2.34. The molecule has 0 spiro atoms. The molecule has 2 amide bonds. The second-order valence-corrected chi connectivity index (χ2v) is 10.5. The summed E-state index contributed by atoms with van der Waals surface area (Å²) >= 11 is 1.53. The van der Waals surface area contributed by atoms with E-state index in [4.69, 9.17) is 0 Å². The van der Waals surface area contributed by atoms with Crippen molar-refractivity contribution in [1.82, 2.24) is 15.2 Å². The van der Waals surface area contributed by atoms with Crippen molar-refractivity contribution in [2.75, 3.05) is 0 Å². The zero-order valence-electron chi connectivity index (χ0n) is 20.5. The number of nitrogens with zero attached hydrogens (tertiary/aromatic N) is 1. The fourth-order valence-electron chi connectivity index (χ4n) is 4.96. The van der Waals surface area contributed by atoms with Crippen molar-refractivity contribution in [3.8, 4) is 11.3 Å². The van der Waals surface area contributed by atoms with Gasteiger partial charge in [-0.15, -0.1) is 11.3 Å². The number of rotatable bonds is 8. The summed E-state index contributed by atoms with van der Waals surface area (Å²) in [6.07, 6.45) is 5.19. The lowest BCUT2D eigenvalue weighted by molar-refractivity contribution is -0.127. The SMILES string of the molecule is O=C(NC1CCCCC1)[C@H](c1ccc(F)cc1)N(Cc1cccs1)C(=O)c1ccc(-c2ccccc2)[nH]1. The molecule has 2 N–H and O–H groups in total. The molecule has 2 heterocycles. The van der Waals surface area contributed by atoms with Gasteiger partial charge in [0, 0.05) is 16.6 Å². The van der Waals surface area contributed by atoms with Crippen LogP contribution in [0.15, 0.2) is 84.2 Å². The van der Waals surface area contributed by atoms with Crippen LogP contribution in [0.25, 0.3) is 11.3 Å². The first-order valence-electron chi connectivity index (χ1n) is 12.7. The number of benzene rings is 2. The zero-order chi connectivity index (χ0) is 25.6. The van der Waals surface area contributed by atoms with Gasteiger partial charge in [-0.25, -0.2) is 4.39 Å². The number of carbonyl (C=O) groups excluding carboxylic acids is 2. The molecular formula is C30H30FN3O2S. The number of aromatic amines is 1. The minimum absolute atomic E-state index is 0.0815. The summed E-state index contributed by atoms with van der Waals surface area (Å²) in [4.78, 5) is 33.7. The van der Waals surface area contributed by atoms with E-state index in [2.05, 4.69) is 10.3 Å². The van der Waals surface area contributed by atoms with Crippen molar-refractivity contribution in [3.63, 3.8) is 0 Å². The second-order valence-electron chi connectivity index (χ2n) is 9.46. The van der Waals surface area contributed by atoms with E-state index in [1.54, 1.807) is 23.1 Å². The van der Waals surface area contributed by atoms with Gasteiger partial charge < -0.3 is 15.2 Å². The first kappa shape index (κ1) is 25.0. The number of thiophene rings is 1. The lowest BCUT2D eigenvalue weighted by Gasteiger charge is -2.33. The van der Waals surface area contributed by atoms with Crippen molar-refractivity contribution < 1.29 is 14.0 Å². The van der Waals surface area contributed by atoms with Crippen LogP contribution in [0.5, 0.6) is 0 Å². The Hall–Kier alpha value is -3.71. The van der Waals surface area contributed by atoms with E-state index in [0.29, 0.717) is 11.3 Å². The van der Waals surface area contributed by atoms with E-state index < -0.39 is 6.04 Å². The van der Waals surface area contributed by atoms with Gasteiger partial charge in [0.1, 0.15) is 17.6 Å². The average Bonchev–Trinajstić information content (AvgIpc) is 3.63. The molecular weight excluding hydrogens is 485 g/mol. The molecule has 0 bridgehead atoms. The molecule has 7 heteroatoms. The van der Waals surface area contributed by atoms with E-state index in [1.807, 2.05) is 53.9 Å². The first-order chi connectivity index (χ1) is 18.1. The molecule has 1 atom stereocenters. The quantitative estimate of drug-likeness (QED) is 0.274. The van der Waals surface area contributed by atoms with Crippen molar-refractivity contribution >= 4 is 23.2 Å². The molecule has 1 saturated carbocycles. The Morgan fingerprint density at radius 2 is 1.70 bits per heavy atom. The first-order valence-corrected chi connectivity index (χ1v) is 13.6. The number of amides is 2. The lowest BCUT2D eigenvalue weighted by Crippen LogP contribution is -2.46. The Kier molecular flexibility index (Phi) is 7.80. The third kappa shape index (κ3) is 6.00. The van der Waals surface area contributed by atoms with Gasteiger partial charge in [-0.3, -0.25) is 9.59 Å². The molecule has 2 aromatic heterocycles. The molecule has 0 radical (unpaired) electrons. The van der Waals surface area contributed by atoms with E-state index in [1.165, 1.54) is 29.9 Å². The Morgan fingerprint density at radius 3 is 2.41 bits per heavy atom. The molecule has 2 aromatic carbocycles. The minimum Gasteiger partial charge on any atom is -0.351 e. The van der Waals surface area contributed by atoms with Crippen molar-refractivity contribution in [3.05, 3.63) is 106 Å². The Labute approximate surface area is 220 Å². The van der Waals surface area contributed by atoms with Crippen LogP contribution in [0.3, 0.4) is 0 Å². The van der Waals surface area contributed by atoms with E-state index in [9.17, 15) is 14.0 Å². The largest absolute Gasteiger partial charge is 0.351 e. The average molecular weight is 516 g/mol. The summed E-state index contributed by atoms with van der Waals surface area (Å²) < 4.78 is 13.8. The fourth-order valence-corrected chi connectivity index (χ4v) is 5.66. The molecule has 1 aliphatic carbocycles. The van der Waals surface area contributed by atoms with Gasteiger partial charge in [0.25, 0.3) is 5.91 Å². The smallest absolute Gasteiger partial charge is 0.271 e. The molecule has 0 saturated heterocycles. The summed E-state index contributed by atoms with van der Waals surface area (Å²) in [5.74, 6) is -0.912. The normalized spacial score (nSPS) is 14.7. The van der Waals surface area contributed by atoms with Gasteiger partial charge in [-0.1, -0.05) is 67.8 Å². The number of aromatic nitrogens is 1. The maximum Gasteiger partial charge on any atom is 0.271 e. The van der Waals surface area contributed by atoms with Crippen molar-refractivity contribution in [2.45, 2.75) is 50.7 Å². The van der Waals surface area contributed by atoms with Crippen molar-refractivity contribution in [2.24, 2.45) is 0 Å². The summed E-state index contributed by atoms with van der Waals surface area (Å²) in [5, 5.41) is 5.15. The summed E-state index contributed by atoms with van der Waals surface area (Å²) in [5.41, 5.74) is 2.77. The van der Waals surface area contributed by atoms with Crippen LogP contribution < -0.4 is 5.32 Å². The third-order valence-electron chi connectivity index (χ3n) is 6.87. The molecule has 1 fully saturated rings. The Morgan fingerprint density at radius 1 is 0.946 bits per heavy atom. The van der Waals surface area contributed by atoms with Gasteiger partial charge in [0.2, 0.25) is 5.91 Å². The standard InChI is InChI=1S/C30H30FN3O2S/c31-23-15-13-22(14-16-23)28(29(35)32-24-10-5-2-6-11-24)34(20-25-12-7-19-37-25)30(36)27-18-17-26(33-27)21-8-3-1-4-9-21/h1,3-4,7-9,12-19,24,28,33H,2,5-6,10-11,20H2,(H,32,35)/t28-/m0/s1. The summed E-state index contributed by atoms with van der Waals surface area (Å²) in [6, 6.07) is 22.4. The molecule has 5 rings (SSSR count). The maximum absolute atomic E-state index is 14.0. The fraction of sp³-hybridized carbons (Fsp3) is 0.267. The predicted molar refractivity (Wildman–Crippen MR) is 145 cm³/mol. The van der Waals surface area contributed by atoms with E-state index >= 15 is 0 Å². The summed E-state index contributed by atoms with van der Waals surface area (Å²) in [7, 11) is 0. The van der Waals surface area contributed by atoms with Gasteiger partial charge in [-0.2, -0.15) is 0 Å². The van der Waals surface area contributed by atoms with Gasteiger partial charge in [-0.05, 0) is 59.7 Å². The van der Waals surface area contributed by atoms with Gasteiger partial charge in [0.05, 0.1) is 6.54 Å². The minimum atomic E-state index is -0.902. The molecule has 190 valence electrons. The second kappa shape index (κ2) is 11.6. The van der Waals surface area contributed by atoms with Gasteiger partial charge >= 0.3 is 0 Å². The van der Waals surface area contributed by atoms with Crippen LogP contribution in [0.1, 0.15) is 59.1 Å². The number of hydrogen-bond donors (Lipinski definition) is 2. The van der Waals surface area contributed by atoms with E-state index in [0.717, 1.165) is 41.8 Å². The van der Waals surface area contributed by atoms with E-state index in [-0.39, 0.29) is 30.2 Å². The molecule has 1 aliphatic rings. The van der Waals surface area contributed by atoms with Gasteiger partial charge in [0.15, 0.2) is 0 Å².